The van der Waals surface area contributed by atoms with Crippen molar-refractivity contribution in [3.63, 3.8) is 0 Å². The SMILES string of the molecule is CC(C)(C)OC(N)=O.CC1CCN(C)C1(C)[SiH3]. The van der Waals surface area contributed by atoms with Crippen LogP contribution < -0.4 is 5.73 Å². The van der Waals surface area contributed by atoms with Gasteiger partial charge in [-0.05, 0) is 46.7 Å². The molecule has 2 atom stereocenters. The van der Waals surface area contributed by atoms with E-state index in [1.807, 2.05) is 0 Å². The van der Waals surface area contributed by atoms with Crippen molar-refractivity contribution in [3.05, 3.63) is 0 Å². The highest BCUT2D eigenvalue weighted by atomic mass is 28.1. The second-order valence-corrected chi connectivity index (χ2v) is 8.32. The van der Waals surface area contributed by atoms with E-state index in [2.05, 4.69) is 30.5 Å². The predicted molar refractivity (Wildman–Crippen MR) is 75.2 cm³/mol. The molecule has 1 aliphatic heterocycles. The quantitative estimate of drug-likeness (QED) is 0.659. The highest BCUT2D eigenvalue weighted by molar-refractivity contribution is 6.15. The summed E-state index contributed by atoms with van der Waals surface area (Å²) >= 11 is 0. The first-order valence-electron chi connectivity index (χ1n) is 6.16. The van der Waals surface area contributed by atoms with Crippen molar-refractivity contribution < 1.29 is 9.53 Å². The van der Waals surface area contributed by atoms with Crippen LogP contribution in [0.4, 0.5) is 4.79 Å². The van der Waals surface area contributed by atoms with Gasteiger partial charge in [0.15, 0.2) is 0 Å². The second kappa shape index (κ2) is 5.86. The number of rotatable bonds is 0. The molecule has 0 radical (unpaired) electrons. The van der Waals surface area contributed by atoms with E-state index in [1.54, 1.807) is 20.8 Å². The third-order valence-corrected chi connectivity index (χ3v) is 5.24. The summed E-state index contributed by atoms with van der Waals surface area (Å²) in [7, 11) is 3.55. The van der Waals surface area contributed by atoms with Crippen LogP contribution in [-0.2, 0) is 4.74 Å². The molecule has 4 nitrogen and oxygen atoms in total. The lowest BCUT2D eigenvalue weighted by molar-refractivity contribution is 0.0600. The first-order chi connectivity index (χ1) is 7.47. The van der Waals surface area contributed by atoms with Crippen LogP contribution in [0, 0.1) is 5.92 Å². The van der Waals surface area contributed by atoms with Crippen molar-refractivity contribution in [2.75, 3.05) is 13.6 Å². The lowest BCUT2D eigenvalue weighted by Crippen LogP contribution is -2.42. The maximum absolute atomic E-state index is 10.0. The zero-order chi connectivity index (χ0) is 13.9. The largest absolute Gasteiger partial charge is 0.444 e. The maximum Gasteiger partial charge on any atom is 0.405 e. The number of amides is 1. The monoisotopic (exact) mass is 260 g/mol. The Labute approximate surface area is 108 Å². The summed E-state index contributed by atoms with van der Waals surface area (Å²) in [5.41, 5.74) is 4.26. The third-order valence-electron chi connectivity index (χ3n) is 3.49. The fourth-order valence-electron chi connectivity index (χ4n) is 1.71. The van der Waals surface area contributed by atoms with Crippen LogP contribution in [-0.4, -0.2) is 45.6 Å². The summed E-state index contributed by atoms with van der Waals surface area (Å²) in [6.45, 7) is 11.3. The minimum absolute atomic E-state index is 0.453. The van der Waals surface area contributed by atoms with Gasteiger partial charge in [-0.2, -0.15) is 0 Å². The van der Waals surface area contributed by atoms with E-state index in [1.165, 1.54) is 23.2 Å². The lowest BCUT2D eigenvalue weighted by Gasteiger charge is -2.31. The fraction of sp³-hybridized carbons (Fsp3) is 0.917. The zero-order valence-electron chi connectivity index (χ0n) is 12.3. The maximum atomic E-state index is 10.0. The van der Waals surface area contributed by atoms with Gasteiger partial charge in [0.25, 0.3) is 0 Å². The third kappa shape index (κ3) is 6.07. The molecule has 1 rings (SSSR count). The summed E-state index contributed by atoms with van der Waals surface area (Å²) in [6, 6.07) is 0. The van der Waals surface area contributed by atoms with Crippen molar-refractivity contribution in [1.82, 2.24) is 4.90 Å². The molecule has 5 heteroatoms. The Hall–Kier alpha value is -0.553. The molecule has 1 heterocycles. The van der Waals surface area contributed by atoms with Crippen molar-refractivity contribution in [2.45, 2.75) is 51.8 Å². The number of hydrogen-bond donors (Lipinski definition) is 1. The first kappa shape index (κ1) is 16.4. The first-order valence-corrected chi connectivity index (χ1v) is 7.16. The molecule has 1 amide bonds. The smallest absolute Gasteiger partial charge is 0.405 e. The predicted octanol–water partition coefficient (Wildman–Crippen LogP) is 0.920. The molecule has 0 aliphatic carbocycles. The van der Waals surface area contributed by atoms with Crippen molar-refractivity contribution in [2.24, 2.45) is 11.7 Å². The van der Waals surface area contributed by atoms with Crippen LogP contribution in [0.15, 0.2) is 0 Å². The van der Waals surface area contributed by atoms with E-state index in [0.29, 0.717) is 5.16 Å². The van der Waals surface area contributed by atoms with Crippen LogP contribution in [0.2, 0.25) is 0 Å². The summed E-state index contributed by atoms with van der Waals surface area (Å²) in [5.74, 6) is 0.925. The van der Waals surface area contributed by atoms with Gasteiger partial charge in [-0.15, -0.1) is 0 Å². The summed E-state index contributed by atoms with van der Waals surface area (Å²) in [4.78, 5) is 12.5. The lowest BCUT2D eigenvalue weighted by atomic mass is 10.0. The molecule has 0 saturated carbocycles. The topological polar surface area (TPSA) is 55.6 Å². The van der Waals surface area contributed by atoms with Crippen LogP contribution >= 0.6 is 0 Å². The van der Waals surface area contributed by atoms with Crippen molar-refractivity contribution >= 4 is 16.3 Å². The fourth-order valence-corrected chi connectivity index (χ4v) is 2.22. The Morgan fingerprint density at radius 2 is 2.00 bits per heavy atom. The molecule has 17 heavy (non-hydrogen) atoms. The number of carbonyl (C=O) groups excluding carboxylic acids is 1. The van der Waals surface area contributed by atoms with Crippen molar-refractivity contribution in [3.8, 4) is 0 Å². The number of primary amides is 1. The molecule has 1 fully saturated rings. The van der Waals surface area contributed by atoms with E-state index < -0.39 is 11.7 Å². The standard InChI is InChI=1S/C7H17NSi.C5H11NO2/c1-6-4-5-8(3)7(6,2)9;1-5(2,3)8-4(6)7/h6H,4-5H2,1-3,9H3;1-3H3,(H2,6,7). The molecule has 1 aliphatic rings. The minimum Gasteiger partial charge on any atom is -0.444 e. The summed E-state index contributed by atoms with van der Waals surface area (Å²) in [5, 5.41) is 0.583. The summed E-state index contributed by atoms with van der Waals surface area (Å²) < 4.78 is 4.58. The zero-order valence-corrected chi connectivity index (χ0v) is 14.3. The van der Waals surface area contributed by atoms with E-state index >= 15 is 0 Å². The summed E-state index contributed by atoms with van der Waals surface area (Å²) in [6.07, 6.45) is 0.675. The number of carbonyl (C=O) groups is 1. The van der Waals surface area contributed by atoms with E-state index in [-0.39, 0.29) is 0 Å². The Balaban J connectivity index is 0.000000304. The Bertz CT molecular complexity index is 250. The molecule has 102 valence electrons. The molecule has 0 aromatic heterocycles. The van der Waals surface area contributed by atoms with Crippen LogP contribution in [0.25, 0.3) is 0 Å². The van der Waals surface area contributed by atoms with Gasteiger partial charge in [0.2, 0.25) is 0 Å². The Morgan fingerprint density at radius 3 is 2.06 bits per heavy atom. The van der Waals surface area contributed by atoms with Gasteiger partial charge >= 0.3 is 6.09 Å². The highest BCUT2D eigenvalue weighted by Crippen LogP contribution is 2.29. The second-order valence-electron chi connectivity index (χ2n) is 6.30. The van der Waals surface area contributed by atoms with Gasteiger partial charge in [-0.3, -0.25) is 0 Å². The van der Waals surface area contributed by atoms with Gasteiger partial charge in [-0.1, -0.05) is 13.8 Å². The van der Waals surface area contributed by atoms with Crippen LogP contribution in [0.3, 0.4) is 0 Å². The van der Waals surface area contributed by atoms with Gasteiger partial charge in [0.05, 0.1) is 0 Å². The Morgan fingerprint density at radius 1 is 1.53 bits per heavy atom. The number of ether oxygens (including phenoxy) is 1. The molecule has 2 unspecified atom stereocenters. The van der Waals surface area contributed by atoms with E-state index in [9.17, 15) is 4.79 Å². The number of nitrogens with two attached hydrogens (primary N) is 1. The van der Waals surface area contributed by atoms with E-state index in [4.69, 9.17) is 5.73 Å². The molecular weight excluding hydrogens is 232 g/mol. The van der Waals surface area contributed by atoms with Crippen molar-refractivity contribution in [1.29, 1.82) is 0 Å². The van der Waals surface area contributed by atoms with Gasteiger partial charge in [0.1, 0.15) is 5.60 Å². The molecule has 2 N–H and O–H groups in total. The van der Waals surface area contributed by atoms with Crippen LogP contribution in [0.5, 0.6) is 0 Å². The number of likely N-dealkylation sites (tertiary alicyclic amines) is 1. The number of nitrogens with zero attached hydrogens (tertiary/aromatic N) is 1. The van der Waals surface area contributed by atoms with Gasteiger partial charge in [0, 0.05) is 15.4 Å². The molecule has 0 bridgehead atoms. The molecule has 0 aromatic carbocycles. The average Bonchev–Trinajstić information content (AvgIpc) is 2.29. The molecule has 0 aromatic rings. The van der Waals surface area contributed by atoms with Crippen LogP contribution in [0.1, 0.15) is 41.0 Å². The van der Waals surface area contributed by atoms with Gasteiger partial charge < -0.3 is 15.4 Å². The minimum atomic E-state index is -0.725. The molecule has 0 spiro atoms. The molecular formula is C12H28N2O2Si. The highest BCUT2D eigenvalue weighted by Gasteiger charge is 2.35. The normalized spacial score (nSPS) is 29.6. The average molecular weight is 260 g/mol. The number of hydrogen-bond acceptors (Lipinski definition) is 3. The van der Waals surface area contributed by atoms with Gasteiger partial charge in [-0.25, -0.2) is 4.79 Å². The van der Waals surface area contributed by atoms with E-state index in [0.717, 1.165) is 5.92 Å². The molecule has 1 saturated heterocycles. The Kier molecular flexibility index (Phi) is 5.67.